The van der Waals surface area contributed by atoms with E-state index in [4.69, 9.17) is 0 Å². The molecule has 0 N–H and O–H groups in total. The normalized spacial score (nSPS) is 15.3. The van der Waals surface area contributed by atoms with Gasteiger partial charge in [0.2, 0.25) is 0 Å². The van der Waals surface area contributed by atoms with Crippen LogP contribution in [0.2, 0.25) is 0 Å². The quantitative estimate of drug-likeness (QED) is 0.830. The summed E-state index contributed by atoms with van der Waals surface area (Å²) in [6.07, 6.45) is 3.44. The van der Waals surface area contributed by atoms with Gasteiger partial charge in [0.1, 0.15) is 0 Å². The number of hydrogen-bond donors (Lipinski definition) is 0. The highest BCUT2D eigenvalue weighted by molar-refractivity contribution is 5.94. The molecule has 0 atom stereocenters. The molecule has 1 saturated heterocycles. The van der Waals surface area contributed by atoms with Crippen molar-refractivity contribution in [2.24, 2.45) is 7.05 Å². The molecule has 2 heterocycles. The van der Waals surface area contributed by atoms with Crippen LogP contribution in [0.3, 0.4) is 0 Å². The first-order chi connectivity index (χ1) is 9.75. The van der Waals surface area contributed by atoms with E-state index in [9.17, 15) is 4.79 Å². The minimum atomic E-state index is 0.118. The van der Waals surface area contributed by atoms with E-state index in [0.29, 0.717) is 5.82 Å². The molecule has 1 aliphatic rings. The summed E-state index contributed by atoms with van der Waals surface area (Å²) in [7, 11) is 1.79. The number of amides is 1. The van der Waals surface area contributed by atoms with Gasteiger partial charge in [0, 0.05) is 31.3 Å². The fourth-order valence-electron chi connectivity index (χ4n) is 2.52. The van der Waals surface area contributed by atoms with Crippen LogP contribution in [-0.2, 0) is 7.05 Å². The van der Waals surface area contributed by atoms with Crippen LogP contribution < -0.4 is 0 Å². The number of piperidine rings is 1. The van der Waals surface area contributed by atoms with E-state index < -0.39 is 0 Å². The van der Waals surface area contributed by atoms with Crippen LogP contribution in [0.5, 0.6) is 0 Å². The third-order valence-corrected chi connectivity index (χ3v) is 3.65. The average Bonchev–Trinajstić information content (AvgIpc) is 2.94. The molecule has 20 heavy (non-hydrogen) atoms. The van der Waals surface area contributed by atoms with E-state index in [0.717, 1.165) is 37.1 Å². The highest BCUT2D eigenvalue weighted by Gasteiger charge is 2.18. The standard InChI is InChI=1S/C14H17N5O/c1-18-13(15-16-17-18)11-5-7-12(8-6-11)14(20)19-9-3-2-4-10-19/h5-8H,2-4,9-10H2,1H3. The van der Waals surface area contributed by atoms with Crippen LogP contribution in [-0.4, -0.2) is 44.1 Å². The number of benzene rings is 1. The number of hydrogen-bond acceptors (Lipinski definition) is 4. The molecule has 0 saturated carbocycles. The number of aryl methyl sites for hydroxylation is 1. The third kappa shape index (κ3) is 2.41. The van der Waals surface area contributed by atoms with Crippen molar-refractivity contribution in [3.05, 3.63) is 29.8 Å². The molecule has 1 fully saturated rings. The summed E-state index contributed by atoms with van der Waals surface area (Å²) in [4.78, 5) is 14.3. The summed E-state index contributed by atoms with van der Waals surface area (Å²) in [6, 6.07) is 7.48. The van der Waals surface area contributed by atoms with Gasteiger partial charge in [-0.15, -0.1) is 5.10 Å². The van der Waals surface area contributed by atoms with Gasteiger partial charge in [0.15, 0.2) is 5.82 Å². The van der Waals surface area contributed by atoms with Crippen molar-refractivity contribution in [2.45, 2.75) is 19.3 Å². The van der Waals surface area contributed by atoms with Crippen molar-refractivity contribution < 1.29 is 4.79 Å². The van der Waals surface area contributed by atoms with Crippen molar-refractivity contribution in [2.75, 3.05) is 13.1 Å². The van der Waals surface area contributed by atoms with Gasteiger partial charge >= 0.3 is 0 Å². The molecule has 1 aromatic heterocycles. The molecule has 0 radical (unpaired) electrons. The van der Waals surface area contributed by atoms with E-state index in [2.05, 4.69) is 15.5 Å². The molecule has 6 heteroatoms. The molecule has 1 amide bonds. The van der Waals surface area contributed by atoms with Gasteiger partial charge in [0.05, 0.1) is 0 Å². The molecule has 0 unspecified atom stereocenters. The fourth-order valence-corrected chi connectivity index (χ4v) is 2.52. The molecular formula is C14H17N5O. The summed E-state index contributed by atoms with van der Waals surface area (Å²) in [5.41, 5.74) is 1.64. The van der Waals surface area contributed by atoms with Crippen molar-refractivity contribution in [3.63, 3.8) is 0 Å². The Balaban J connectivity index is 1.79. The maximum Gasteiger partial charge on any atom is 0.253 e. The van der Waals surface area contributed by atoms with E-state index in [1.54, 1.807) is 11.7 Å². The van der Waals surface area contributed by atoms with E-state index in [-0.39, 0.29) is 5.91 Å². The lowest BCUT2D eigenvalue weighted by Crippen LogP contribution is -2.35. The topological polar surface area (TPSA) is 63.9 Å². The predicted molar refractivity (Wildman–Crippen MR) is 74.0 cm³/mol. The predicted octanol–water partition coefficient (Wildman–Crippen LogP) is 1.50. The SMILES string of the molecule is Cn1nnnc1-c1ccc(C(=O)N2CCCCC2)cc1. The Kier molecular flexibility index (Phi) is 3.45. The maximum atomic E-state index is 12.3. The molecule has 104 valence electrons. The summed E-state index contributed by atoms with van der Waals surface area (Å²) >= 11 is 0. The Morgan fingerprint density at radius 2 is 1.80 bits per heavy atom. The zero-order valence-electron chi connectivity index (χ0n) is 11.5. The lowest BCUT2D eigenvalue weighted by molar-refractivity contribution is 0.0724. The first-order valence-corrected chi connectivity index (χ1v) is 6.88. The zero-order valence-corrected chi connectivity index (χ0v) is 11.5. The van der Waals surface area contributed by atoms with Crippen LogP contribution >= 0.6 is 0 Å². The highest BCUT2D eigenvalue weighted by Crippen LogP contribution is 2.18. The summed E-state index contributed by atoms with van der Waals surface area (Å²) in [5, 5.41) is 11.4. The van der Waals surface area contributed by atoms with Crippen molar-refractivity contribution >= 4 is 5.91 Å². The van der Waals surface area contributed by atoms with Crippen molar-refractivity contribution in [1.82, 2.24) is 25.1 Å². The van der Waals surface area contributed by atoms with Gasteiger partial charge in [0.25, 0.3) is 5.91 Å². The second-order valence-electron chi connectivity index (χ2n) is 5.06. The Morgan fingerprint density at radius 3 is 2.40 bits per heavy atom. The van der Waals surface area contributed by atoms with Gasteiger partial charge in [-0.2, -0.15) is 0 Å². The number of tetrazole rings is 1. The molecule has 3 rings (SSSR count). The van der Waals surface area contributed by atoms with Crippen LogP contribution in [0.15, 0.2) is 24.3 Å². The third-order valence-electron chi connectivity index (χ3n) is 3.65. The molecule has 0 aliphatic carbocycles. The first-order valence-electron chi connectivity index (χ1n) is 6.88. The number of rotatable bonds is 2. The van der Waals surface area contributed by atoms with Crippen LogP contribution in [0.25, 0.3) is 11.4 Å². The molecular weight excluding hydrogens is 254 g/mol. The minimum Gasteiger partial charge on any atom is -0.339 e. The fraction of sp³-hybridized carbons (Fsp3) is 0.429. The molecule has 2 aromatic rings. The van der Waals surface area contributed by atoms with E-state index >= 15 is 0 Å². The summed E-state index contributed by atoms with van der Waals surface area (Å²) in [6.45, 7) is 1.74. The Morgan fingerprint density at radius 1 is 1.10 bits per heavy atom. The number of likely N-dealkylation sites (tertiary alicyclic amines) is 1. The van der Waals surface area contributed by atoms with Gasteiger partial charge in [-0.25, -0.2) is 4.68 Å². The monoisotopic (exact) mass is 271 g/mol. The van der Waals surface area contributed by atoms with E-state index in [1.807, 2.05) is 29.2 Å². The Bertz CT molecular complexity index is 598. The van der Waals surface area contributed by atoms with E-state index in [1.165, 1.54) is 6.42 Å². The molecule has 1 aromatic carbocycles. The number of nitrogens with zero attached hydrogens (tertiary/aromatic N) is 5. The van der Waals surface area contributed by atoms with Crippen molar-refractivity contribution in [1.29, 1.82) is 0 Å². The lowest BCUT2D eigenvalue weighted by Gasteiger charge is -2.26. The Labute approximate surface area is 117 Å². The second kappa shape index (κ2) is 5.40. The van der Waals surface area contributed by atoms with Crippen LogP contribution in [0.4, 0.5) is 0 Å². The number of aromatic nitrogens is 4. The minimum absolute atomic E-state index is 0.118. The summed E-state index contributed by atoms with van der Waals surface area (Å²) in [5.74, 6) is 0.814. The highest BCUT2D eigenvalue weighted by atomic mass is 16.2. The molecule has 0 spiro atoms. The summed E-state index contributed by atoms with van der Waals surface area (Å²) < 4.78 is 1.61. The van der Waals surface area contributed by atoms with Gasteiger partial charge < -0.3 is 4.90 Å². The average molecular weight is 271 g/mol. The van der Waals surface area contributed by atoms with Crippen molar-refractivity contribution in [3.8, 4) is 11.4 Å². The number of carbonyl (C=O) groups is 1. The molecule has 6 nitrogen and oxygen atoms in total. The van der Waals surface area contributed by atoms with Crippen LogP contribution in [0, 0.1) is 0 Å². The molecule has 1 aliphatic heterocycles. The largest absolute Gasteiger partial charge is 0.339 e. The Hall–Kier alpha value is -2.24. The van der Waals surface area contributed by atoms with Crippen LogP contribution in [0.1, 0.15) is 29.6 Å². The maximum absolute atomic E-state index is 12.3. The van der Waals surface area contributed by atoms with Gasteiger partial charge in [-0.1, -0.05) is 12.1 Å². The zero-order chi connectivity index (χ0) is 13.9. The smallest absolute Gasteiger partial charge is 0.253 e. The number of carbonyl (C=O) groups excluding carboxylic acids is 1. The molecule has 0 bridgehead atoms. The lowest BCUT2D eigenvalue weighted by atomic mass is 10.1. The first kappa shape index (κ1) is 12.8. The second-order valence-corrected chi connectivity index (χ2v) is 5.06. The van der Waals surface area contributed by atoms with Gasteiger partial charge in [-0.05, 0) is 41.8 Å². The van der Waals surface area contributed by atoms with Gasteiger partial charge in [-0.3, -0.25) is 4.79 Å².